The molecule has 5 heteroatoms. The van der Waals surface area contributed by atoms with Gasteiger partial charge in [-0.3, -0.25) is 4.79 Å². The average molecular weight is 263 g/mol. The Morgan fingerprint density at radius 3 is 2.32 bits per heavy atom. The van der Waals surface area contributed by atoms with Gasteiger partial charge in [0.25, 0.3) is 5.91 Å². The van der Waals surface area contributed by atoms with Crippen molar-refractivity contribution in [1.29, 1.82) is 0 Å². The molecule has 0 aromatic heterocycles. The highest BCUT2D eigenvalue weighted by atomic mass is 16.5. The number of likely N-dealkylation sites (tertiary alicyclic amines) is 1. The van der Waals surface area contributed by atoms with Gasteiger partial charge in [-0.2, -0.15) is 0 Å². The van der Waals surface area contributed by atoms with Gasteiger partial charge in [-0.1, -0.05) is 0 Å². The van der Waals surface area contributed by atoms with E-state index in [0.29, 0.717) is 11.3 Å². The second kappa shape index (κ2) is 5.73. The van der Waals surface area contributed by atoms with E-state index in [1.165, 1.54) is 6.92 Å². The highest BCUT2D eigenvalue weighted by Gasteiger charge is 2.19. The fourth-order valence-electron chi connectivity index (χ4n) is 2.03. The Morgan fingerprint density at radius 2 is 1.79 bits per heavy atom. The molecule has 0 radical (unpaired) electrons. The second-order valence-corrected chi connectivity index (χ2v) is 4.62. The van der Waals surface area contributed by atoms with Crippen molar-refractivity contribution in [3.05, 3.63) is 29.8 Å². The van der Waals surface area contributed by atoms with E-state index in [9.17, 15) is 9.59 Å². The monoisotopic (exact) mass is 263 g/mol. The van der Waals surface area contributed by atoms with Gasteiger partial charge in [-0.15, -0.1) is 0 Å². The maximum Gasteiger partial charge on any atom is 0.344 e. The minimum atomic E-state index is -1.02. The van der Waals surface area contributed by atoms with Crippen LogP contribution in [0.1, 0.15) is 30.1 Å². The number of nitrogens with zero attached hydrogens (tertiary/aromatic N) is 1. The quantitative estimate of drug-likeness (QED) is 0.899. The van der Waals surface area contributed by atoms with Crippen LogP contribution in [-0.2, 0) is 4.79 Å². The number of ether oxygens (including phenoxy) is 1. The Bertz CT molecular complexity index is 463. The molecule has 19 heavy (non-hydrogen) atoms. The van der Waals surface area contributed by atoms with E-state index >= 15 is 0 Å². The minimum Gasteiger partial charge on any atom is -0.479 e. The van der Waals surface area contributed by atoms with Crippen molar-refractivity contribution in [2.24, 2.45) is 0 Å². The molecule has 1 N–H and O–H groups in total. The number of carboxylic acids is 1. The van der Waals surface area contributed by atoms with Gasteiger partial charge in [-0.05, 0) is 44.0 Å². The normalized spacial score (nSPS) is 16.2. The number of carbonyl (C=O) groups excluding carboxylic acids is 1. The Kier molecular flexibility index (Phi) is 4.04. The van der Waals surface area contributed by atoms with Gasteiger partial charge in [0.1, 0.15) is 5.75 Å². The average Bonchev–Trinajstić information content (AvgIpc) is 2.92. The van der Waals surface area contributed by atoms with Gasteiger partial charge in [-0.25, -0.2) is 4.79 Å². The lowest BCUT2D eigenvalue weighted by Crippen LogP contribution is -2.27. The predicted octanol–water partition coefficient (Wildman–Crippen LogP) is 1.77. The second-order valence-electron chi connectivity index (χ2n) is 4.62. The summed E-state index contributed by atoms with van der Waals surface area (Å²) >= 11 is 0. The summed E-state index contributed by atoms with van der Waals surface area (Å²) in [6, 6.07) is 6.60. The van der Waals surface area contributed by atoms with Crippen molar-refractivity contribution in [2.75, 3.05) is 13.1 Å². The Balaban J connectivity index is 2.01. The van der Waals surface area contributed by atoms with Crippen LogP contribution in [0.2, 0.25) is 0 Å². The Labute approximate surface area is 111 Å². The van der Waals surface area contributed by atoms with Crippen LogP contribution in [0.25, 0.3) is 0 Å². The van der Waals surface area contributed by atoms with E-state index in [4.69, 9.17) is 9.84 Å². The van der Waals surface area contributed by atoms with Crippen LogP contribution in [0.4, 0.5) is 0 Å². The number of amides is 1. The third-order valence-electron chi connectivity index (χ3n) is 3.16. The zero-order chi connectivity index (χ0) is 13.8. The zero-order valence-corrected chi connectivity index (χ0v) is 10.8. The molecule has 1 heterocycles. The van der Waals surface area contributed by atoms with E-state index in [0.717, 1.165) is 25.9 Å². The highest BCUT2D eigenvalue weighted by molar-refractivity contribution is 5.94. The first kappa shape index (κ1) is 13.4. The molecule has 1 aromatic rings. The summed E-state index contributed by atoms with van der Waals surface area (Å²) in [5.41, 5.74) is 0.609. The smallest absolute Gasteiger partial charge is 0.344 e. The van der Waals surface area contributed by atoms with Gasteiger partial charge in [0.15, 0.2) is 6.10 Å². The number of carboxylic acid groups (broad SMARTS) is 1. The molecule has 0 aliphatic carbocycles. The van der Waals surface area contributed by atoms with E-state index in [-0.39, 0.29) is 5.91 Å². The summed E-state index contributed by atoms with van der Waals surface area (Å²) in [5, 5.41) is 8.74. The molecule has 1 unspecified atom stereocenters. The Morgan fingerprint density at radius 1 is 1.21 bits per heavy atom. The first-order valence-corrected chi connectivity index (χ1v) is 6.37. The van der Waals surface area contributed by atoms with Crippen LogP contribution < -0.4 is 4.74 Å². The predicted molar refractivity (Wildman–Crippen MR) is 69.3 cm³/mol. The molecule has 102 valence electrons. The van der Waals surface area contributed by atoms with Gasteiger partial charge >= 0.3 is 5.97 Å². The molecule has 1 amide bonds. The summed E-state index contributed by atoms with van der Waals surface area (Å²) in [7, 11) is 0. The van der Waals surface area contributed by atoms with Crippen molar-refractivity contribution in [1.82, 2.24) is 4.90 Å². The number of hydrogen-bond donors (Lipinski definition) is 1. The van der Waals surface area contributed by atoms with E-state index in [2.05, 4.69) is 0 Å². The van der Waals surface area contributed by atoms with Crippen molar-refractivity contribution >= 4 is 11.9 Å². The number of aliphatic carboxylic acids is 1. The van der Waals surface area contributed by atoms with Crippen molar-refractivity contribution < 1.29 is 19.4 Å². The lowest BCUT2D eigenvalue weighted by atomic mass is 10.2. The zero-order valence-electron chi connectivity index (χ0n) is 10.8. The molecule has 1 atom stereocenters. The maximum absolute atomic E-state index is 12.1. The molecule has 5 nitrogen and oxygen atoms in total. The fourth-order valence-corrected chi connectivity index (χ4v) is 2.03. The van der Waals surface area contributed by atoms with Crippen LogP contribution in [0, 0.1) is 0 Å². The van der Waals surface area contributed by atoms with Gasteiger partial charge in [0, 0.05) is 18.7 Å². The molecule has 1 aliphatic rings. The van der Waals surface area contributed by atoms with Crippen LogP contribution in [0.5, 0.6) is 5.75 Å². The maximum atomic E-state index is 12.1. The number of benzene rings is 1. The molecule has 1 fully saturated rings. The van der Waals surface area contributed by atoms with Crippen molar-refractivity contribution in [3.63, 3.8) is 0 Å². The van der Waals surface area contributed by atoms with Crippen LogP contribution >= 0.6 is 0 Å². The summed E-state index contributed by atoms with van der Waals surface area (Å²) in [5.74, 6) is -0.541. The molecule has 0 saturated carbocycles. The largest absolute Gasteiger partial charge is 0.479 e. The van der Waals surface area contributed by atoms with E-state index in [1.807, 2.05) is 4.90 Å². The summed E-state index contributed by atoms with van der Waals surface area (Å²) in [6.45, 7) is 3.09. The number of carbonyl (C=O) groups is 2. The van der Waals surface area contributed by atoms with E-state index < -0.39 is 12.1 Å². The topological polar surface area (TPSA) is 66.8 Å². The molecule has 2 rings (SSSR count). The first-order valence-electron chi connectivity index (χ1n) is 6.37. The third kappa shape index (κ3) is 3.24. The molecular formula is C14H17NO4. The highest BCUT2D eigenvalue weighted by Crippen LogP contribution is 2.17. The summed E-state index contributed by atoms with van der Waals surface area (Å²) in [6.07, 6.45) is 1.21. The molecule has 0 spiro atoms. The van der Waals surface area contributed by atoms with Crippen LogP contribution in [-0.4, -0.2) is 41.1 Å². The van der Waals surface area contributed by atoms with E-state index in [1.54, 1.807) is 24.3 Å². The SMILES string of the molecule is CC(Oc1ccc(C(=O)N2CCCC2)cc1)C(=O)O. The summed E-state index contributed by atoms with van der Waals surface area (Å²) in [4.78, 5) is 24.6. The van der Waals surface area contributed by atoms with Gasteiger partial charge < -0.3 is 14.7 Å². The fraction of sp³-hybridized carbons (Fsp3) is 0.429. The third-order valence-corrected chi connectivity index (χ3v) is 3.16. The Hall–Kier alpha value is -2.04. The molecule has 1 aromatic carbocycles. The lowest BCUT2D eigenvalue weighted by molar-refractivity contribution is -0.144. The van der Waals surface area contributed by atoms with Crippen molar-refractivity contribution in [2.45, 2.75) is 25.9 Å². The van der Waals surface area contributed by atoms with Crippen molar-refractivity contribution in [3.8, 4) is 5.75 Å². The molecule has 1 saturated heterocycles. The summed E-state index contributed by atoms with van der Waals surface area (Å²) < 4.78 is 5.21. The minimum absolute atomic E-state index is 0.0235. The number of hydrogen-bond acceptors (Lipinski definition) is 3. The lowest BCUT2D eigenvalue weighted by Gasteiger charge is -2.15. The van der Waals surface area contributed by atoms with Crippen LogP contribution in [0.15, 0.2) is 24.3 Å². The van der Waals surface area contributed by atoms with Gasteiger partial charge in [0.05, 0.1) is 0 Å². The van der Waals surface area contributed by atoms with Crippen LogP contribution in [0.3, 0.4) is 0 Å². The molecular weight excluding hydrogens is 246 g/mol. The number of rotatable bonds is 4. The molecule has 1 aliphatic heterocycles. The standard InChI is InChI=1S/C14H17NO4/c1-10(14(17)18)19-12-6-4-11(5-7-12)13(16)15-8-2-3-9-15/h4-7,10H,2-3,8-9H2,1H3,(H,17,18). The molecule has 0 bridgehead atoms. The van der Waals surface area contributed by atoms with Gasteiger partial charge in [0.2, 0.25) is 0 Å². The first-order chi connectivity index (χ1) is 9.08.